The zero-order chi connectivity index (χ0) is 13.5. The third kappa shape index (κ3) is 5.50. The number of nitrogens with zero attached hydrogens (tertiary/aromatic N) is 1. The average Bonchev–Trinajstić information content (AvgIpc) is 2.92. The van der Waals surface area contributed by atoms with Crippen LogP contribution in [0.2, 0.25) is 0 Å². The summed E-state index contributed by atoms with van der Waals surface area (Å²) in [7, 11) is 1.79. The second-order valence-electron chi connectivity index (χ2n) is 4.40. The monoisotopic (exact) mass is 401 g/mol. The molecule has 2 aromatic rings. The van der Waals surface area contributed by atoms with Crippen molar-refractivity contribution in [2.75, 3.05) is 7.05 Å². The third-order valence-corrected chi connectivity index (χ3v) is 3.54. The van der Waals surface area contributed by atoms with Crippen molar-refractivity contribution in [2.45, 2.75) is 20.0 Å². The molecule has 108 valence electrons. The highest BCUT2D eigenvalue weighted by Crippen LogP contribution is 2.05. The minimum Gasteiger partial charge on any atom is -0.352 e. The van der Waals surface area contributed by atoms with Crippen molar-refractivity contribution >= 4 is 41.3 Å². The van der Waals surface area contributed by atoms with Gasteiger partial charge in [0.25, 0.3) is 0 Å². The number of halogens is 1. The molecular weight excluding hydrogens is 381 g/mol. The number of aryl methyl sites for hydroxylation is 1. The molecule has 0 aliphatic carbocycles. The fraction of sp³-hybridized carbons (Fsp3) is 0.267. The topological polar surface area (TPSA) is 36.4 Å². The molecule has 1 heterocycles. The Morgan fingerprint density at radius 1 is 1.15 bits per heavy atom. The molecule has 1 aromatic heterocycles. The first-order valence-corrected chi connectivity index (χ1v) is 7.23. The summed E-state index contributed by atoms with van der Waals surface area (Å²) in [5, 5.41) is 10.8. The zero-order valence-corrected chi connectivity index (χ0v) is 14.9. The van der Waals surface area contributed by atoms with E-state index in [4.69, 9.17) is 0 Å². The van der Waals surface area contributed by atoms with Crippen molar-refractivity contribution in [3.05, 3.63) is 57.8 Å². The SMILES string of the molecule is CN=C(NCc1ccsc1)NCc1cccc(C)c1.I. The summed E-state index contributed by atoms with van der Waals surface area (Å²) >= 11 is 1.71. The first kappa shape index (κ1) is 17.0. The van der Waals surface area contributed by atoms with Crippen LogP contribution < -0.4 is 10.6 Å². The maximum Gasteiger partial charge on any atom is 0.191 e. The maximum absolute atomic E-state index is 4.22. The molecule has 0 spiro atoms. The number of hydrogen-bond donors (Lipinski definition) is 2. The molecule has 0 aliphatic rings. The van der Waals surface area contributed by atoms with Crippen LogP contribution in [0.5, 0.6) is 0 Å². The summed E-state index contributed by atoms with van der Waals surface area (Å²) < 4.78 is 0. The van der Waals surface area contributed by atoms with Gasteiger partial charge in [-0.05, 0) is 34.9 Å². The number of hydrogen-bond acceptors (Lipinski definition) is 2. The second-order valence-corrected chi connectivity index (χ2v) is 5.18. The quantitative estimate of drug-likeness (QED) is 0.467. The standard InChI is InChI=1S/C15H19N3S.HI/c1-12-4-3-5-13(8-12)9-17-15(16-2)18-10-14-6-7-19-11-14;/h3-8,11H,9-10H2,1-2H3,(H2,16,17,18);1H. The van der Waals surface area contributed by atoms with Gasteiger partial charge in [-0.25, -0.2) is 0 Å². The van der Waals surface area contributed by atoms with Crippen LogP contribution in [0.15, 0.2) is 46.1 Å². The predicted octanol–water partition coefficient (Wildman–Crippen LogP) is 3.54. The van der Waals surface area contributed by atoms with Crippen molar-refractivity contribution in [1.82, 2.24) is 10.6 Å². The molecule has 0 radical (unpaired) electrons. The Morgan fingerprint density at radius 2 is 1.90 bits per heavy atom. The minimum atomic E-state index is 0. The Hall–Kier alpha value is -1.08. The van der Waals surface area contributed by atoms with Gasteiger partial charge in [0.2, 0.25) is 0 Å². The van der Waals surface area contributed by atoms with Crippen LogP contribution in [0.3, 0.4) is 0 Å². The summed E-state index contributed by atoms with van der Waals surface area (Å²) in [6, 6.07) is 10.6. The van der Waals surface area contributed by atoms with Gasteiger partial charge in [0.1, 0.15) is 0 Å². The summed E-state index contributed by atoms with van der Waals surface area (Å²) in [5.74, 6) is 0.827. The Bertz CT molecular complexity index is 538. The van der Waals surface area contributed by atoms with Crippen LogP contribution in [0.1, 0.15) is 16.7 Å². The molecule has 3 nitrogen and oxygen atoms in total. The molecule has 2 N–H and O–H groups in total. The van der Waals surface area contributed by atoms with Crippen LogP contribution in [0.4, 0.5) is 0 Å². The molecular formula is C15H20IN3S. The average molecular weight is 401 g/mol. The van der Waals surface area contributed by atoms with Gasteiger partial charge in [-0.15, -0.1) is 24.0 Å². The first-order valence-electron chi connectivity index (χ1n) is 6.29. The van der Waals surface area contributed by atoms with E-state index < -0.39 is 0 Å². The molecule has 0 bridgehead atoms. The molecule has 0 fully saturated rings. The zero-order valence-electron chi connectivity index (χ0n) is 11.7. The smallest absolute Gasteiger partial charge is 0.191 e. The maximum atomic E-state index is 4.22. The number of aliphatic imine (C=N–C) groups is 1. The molecule has 0 saturated heterocycles. The van der Waals surface area contributed by atoms with Gasteiger partial charge < -0.3 is 10.6 Å². The lowest BCUT2D eigenvalue weighted by atomic mass is 10.1. The van der Waals surface area contributed by atoms with E-state index in [1.807, 2.05) is 0 Å². The van der Waals surface area contributed by atoms with Gasteiger partial charge in [0.05, 0.1) is 0 Å². The number of guanidine groups is 1. The van der Waals surface area contributed by atoms with Gasteiger partial charge in [0.15, 0.2) is 5.96 Å². The molecule has 0 atom stereocenters. The van der Waals surface area contributed by atoms with Crippen molar-refractivity contribution in [1.29, 1.82) is 0 Å². The lowest BCUT2D eigenvalue weighted by Crippen LogP contribution is -2.36. The molecule has 2 rings (SSSR count). The number of nitrogens with one attached hydrogen (secondary N) is 2. The normalized spacial score (nSPS) is 10.8. The van der Waals surface area contributed by atoms with Gasteiger partial charge in [-0.2, -0.15) is 11.3 Å². The molecule has 1 aromatic carbocycles. The van der Waals surface area contributed by atoms with Crippen LogP contribution in [-0.2, 0) is 13.1 Å². The fourth-order valence-electron chi connectivity index (χ4n) is 1.81. The molecule has 5 heteroatoms. The number of thiophene rings is 1. The van der Waals surface area contributed by atoms with E-state index in [-0.39, 0.29) is 24.0 Å². The lowest BCUT2D eigenvalue weighted by molar-refractivity contribution is 0.810. The highest BCUT2D eigenvalue weighted by molar-refractivity contribution is 14.0. The molecule has 0 unspecified atom stereocenters. The highest BCUT2D eigenvalue weighted by atomic mass is 127. The highest BCUT2D eigenvalue weighted by Gasteiger charge is 1.99. The van der Waals surface area contributed by atoms with E-state index >= 15 is 0 Å². The van der Waals surface area contributed by atoms with Crippen molar-refractivity contribution in [3.63, 3.8) is 0 Å². The van der Waals surface area contributed by atoms with Crippen LogP contribution in [-0.4, -0.2) is 13.0 Å². The Morgan fingerprint density at radius 3 is 2.50 bits per heavy atom. The van der Waals surface area contributed by atoms with E-state index in [9.17, 15) is 0 Å². The minimum absolute atomic E-state index is 0. The van der Waals surface area contributed by atoms with E-state index in [1.54, 1.807) is 18.4 Å². The van der Waals surface area contributed by atoms with Gasteiger partial charge in [-0.1, -0.05) is 29.8 Å². The van der Waals surface area contributed by atoms with Crippen molar-refractivity contribution in [3.8, 4) is 0 Å². The largest absolute Gasteiger partial charge is 0.352 e. The molecule has 0 saturated carbocycles. The number of rotatable bonds is 4. The van der Waals surface area contributed by atoms with E-state index in [0.717, 1.165) is 19.0 Å². The molecule has 20 heavy (non-hydrogen) atoms. The molecule has 0 amide bonds. The molecule has 0 aliphatic heterocycles. The Kier molecular flexibility index (Phi) is 7.61. The summed E-state index contributed by atoms with van der Waals surface area (Å²) in [5.41, 5.74) is 3.82. The Balaban J connectivity index is 0.00000200. The third-order valence-electron chi connectivity index (χ3n) is 2.81. The van der Waals surface area contributed by atoms with Gasteiger partial charge >= 0.3 is 0 Å². The predicted molar refractivity (Wildman–Crippen MR) is 98.0 cm³/mol. The summed E-state index contributed by atoms with van der Waals surface area (Å²) in [6.07, 6.45) is 0. The first-order chi connectivity index (χ1) is 9.28. The second kappa shape index (κ2) is 8.97. The summed E-state index contributed by atoms with van der Waals surface area (Å²) in [4.78, 5) is 4.22. The van der Waals surface area contributed by atoms with Crippen molar-refractivity contribution < 1.29 is 0 Å². The van der Waals surface area contributed by atoms with E-state index in [1.165, 1.54) is 16.7 Å². The lowest BCUT2D eigenvalue weighted by Gasteiger charge is -2.11. The van der Waals surface area contributed by atoms with Gasteiger partial charge in [0, 0.05) is 20.1 Å². The van der Waals surface area contributed by atoms with Gasteiger partial charge in [-0.3, -0.25) is 4.99 Å². The van der Waals surface area contributed by atoms with E-state index in [0.29, 0.717) is 0 Å². The Labute approximate surface area is 141 Å². The fourth-order valence-corrected chi connectivity index (χ4v) is 2.48. The van der Waals surface area contributed by atoms with Crippen LogP contribution in [0, 0.1) is 6.92 Å². The number of benzene rings is 1. The van der Waals surface area contributed by atoms with Crippen LogP contribution in [0.25, 0.3) is 0 Å². The van der Waals surface area contributed by atoms with Crippen molar-refractivity contribution in [2.24, 2.45) is 4.99 Å². The summed E-state index contributed by atoms with van der Waals surface area (Å²) in [6.45, 7) is 3.69. The van der Waals surface area contributed by atoms with Crippen LogP contribution >= 0.6 is 35.3 Å². The van der Waals surface area contributed by atoms with E-state index in [2.05, 4.69) is 63.6 Å².